The van der Waals surface area contributed by atoms with Crippen LogP contribution in [0.1, 0.15) is 38.1 Å². The summed E-state index contributed by atoms with van der Waals surface area (Å²) in [5.41, 5.74) is -0.201. The van der Waals surface area contributed by atoms with E-state index in [1.807, 2.05) is 20.8 Å². The summed E-state index contributed by atoms with van der Waals surface area (Å²) in [6.07, 6.45) is 0.386. The number of amides is 1. The highest BCUT2D eigenvalue weighted by Gasteiger charge is 2.28. The number of esters is 1. The Balaban J connectivity index is 2.32. The van der Waals surface area contributed by atoms with Gasteiger partial charge in [0, 0.05) is 5.54 Å². The lowest BCUT2D eigenvalue weighted by Crippen LogP contribution is -2.46. The summed E-state index contributed by atoms with van der Waals surface area (Å²) in [6.45, 7) is 10.5. The number of rotatable bonds is 8. The first-order valence-electron chi connectivity index (χ1n) is 9.88. The van der Waals surface area contributed by atoms with Crippen molar-refractivity contribution in [1.82, 2.24) is 5.32 Å². The van der Waals surface area contributed by atoms with Gasteiger partial charge in [-0.05, 0) is 58.0 Å². The molecule has 0 radical (unpaired) electrons. The van der Waals surface area contributed by atoms with Gasteiger partial charge in [0.25, 0.3) is 15.9 Å². The van der Waals surface area contributed by atoms with Gasteiger partial charge >= 0.3 is 5.97 Å². The van der Waals surface area contributed by atoms with Gasteiger partial charge in [-0.1, -0.05) is 35.9 Å². The second kappa shape index (κ2) is 10.2. The molecule has 0 saturated carbocycles. The Bertz CT molecular complexity index is 1110. The van der Waals surface area contributed by atoms with Crippen LogP contribution in [0.2, 0.25) is 5.02 Å². The van der Waals surface area contributed by atoms with Crippen molar-refractivity contribution in [3.8, 4) is 0 Å². The maximum Gasteiger partial charge on any atom is 0.338 e. The Morgan fingerprint density at radius 1 is 1.19 bits per heavy atom. The Labute approximate surface area is 194 Å². The van der Waals surface area contributed by atoms with Crippen LogP contribution in [0, 0.1) is 0 Å². The van der Waals surface area contributed by atoms with Gasteiger partial charge in [-0.25, -0.2) is 13.2 Å². The number of nitrogens with one attached hydrogen (secondary N) is 1. The molecular weight excluding hydrogens is 452 g/mol. The first-order chi connectivity index (χ1) is 14.9. The molecule has 2 rings (SSSR count). The highest BCUT2D eigenvalue weighted by atomic mass is 35.5. The number of carbonyl (C=O) groups excluding carboxylic acids is 2. The van der Waals surface area contributed by atoms with Crippen LogP contribution in [0.4, 0.5) is 5.69 Å². The fourth-order valence-corrected chi connectivity index (χ4v) is 4.55. The van der Waals surface area contributed by atoms with Gasteiger partial charge in [0.05, 0.1) is 27.7 Å². The molecule has 172 valence electrons. The van der Waals surface area contributed by atoms with Gasteiger partial charge in [-0.3, -0.25) is 9.10 Å². The summed E-state index contributed by atoms with van der Waals surface area (Å²) in [7, 11) is -4.07. The van der Waals surface area contributed by atoms with Crippen LogP contribution in [-0.2, 0) is 19.6 Å². The summed E-state index contributed by atoms with van der Waals surface area (Å²) in [5, 5.41) is 2.98. The number of hydrogen-bond donors (Lipinski definition) is 1. The van der Waals surface area contributed by atoms with Crippen molar-refractivity contribution in [3.05, 3.63) is 71.8 Å². The zero-order valence-electron chi connectivity index (χ0n) is 18.5. The normalized spacial score (nSPS) is 12.5. The van der Waals surface area contributed by atoms with E-state index in [4.69, 9.17) is 16.3 Å². The van der Waals surface area contributed by atoms with Crippen LogP contribution in [-0.4, -0.2) is 38.5 Å². The van der Waals surface area contributed by atoms with E-state index in [2.05, 4.69) is 11.9 Å². The molecule has 1 unspecified atom stereocenters. The molecule has 2 aromatic carbocycles. The molecule has 0 aliphatic heterocycles. The molecule has 2 aromatic rings. The monoisotopic (exact) mass is 478 g/mol. The summed E-state index contributed by atoms with van der Waals surface area (Å²) >= 11 is 6.21. The van der Waals surface area contributed by atoms with E-state index >= 15 is 0 Å². The lowest BCUT2D eigenvalue weighted by molar-refractivity contribution is -0.130. The minimum Gasteiger partial charge on any atom is -0.449 e. The number of hydrogen-bond acceptors (Lipinski definition) is 5. The molecule has 0 aliphatic carbocycles. The highest BCUT2D eigenvalue weighted by Crippen LogP contribution is 2.30. The number of sulfonamides is 1. The second-order valence-electron chi connectivity index (χ2n) is 8.09. The first kappa shape index (κ1) is 25.4. The van der Waals surface area contributed by atoms with E-state index < -0.39 is 33.5 Å². The van der Waals surface area contributed by atoms with Crippen molar-refractivity contribution in [1.29, 1.82) is 0 Å². The summed E-state index contributed by atoms with van der Waals surface area (Å²) in [4.78, 5) is 24.6. The SMILES string of the molecule is C=CCN(c1ccccc1Cl)S(=O)(=O)c1cccc(C(=O)OC(C)C(=O)NC(C)(C)C)c1. The molecule has 0 fully saturated rings. The molecule has 0 saturated heterocycles. The molecule has 7 nitrogen and oxygen atoms in total. The lowest BCUT2D eigenvalue weighted by atomic mass is 10.1. The average molecular weight is 479 g/mol. The first-order valence-corrected chi connectivity index (χ1v) is 11.7. The van der Waals surface area contributed by atoms with E-state index in [1.165, 1.54) is 37.3 Å². The smallest absolute Gasteiger partial charge is 0.338 e. The van der Waals surface area contributed by atoms with E-state index in [0.717, 1.165) is 4.31 Å². The van der Waals surface area contributed by atoms with Crippen LogP contribution >= 0.6 is 11.6 Å². The maximum absolute atomic E-state index is 13.3. The fraction of sp³-hybridized carbons (Fsp3) is 0.304. The minimum absolute atomic E-state index is 0.000745. The largest absolute Gasteiger partial charge is 0.449 e. The van der Waals surface area contributed by atoms with E-state index in [-0.39, 0.29) is 27.7 Å². The van der Waals surface area contributed by atoms with Crippen LogP contribution in [0.5, 0.6) is 0 Å². The van der Waals surface area contributed by atoms with E-state index in [1.54, 1.807) is 24.3 Å². The number of halogens is 1. The Morgan fingerprint density at radius 3 is 2.44 bits per heavy atom. The number of carbonyl (C=O) groups is 2. The molecule has 1 atom stereocenters. The van der Waals surface area contributed by atoms with Crippen molar-refractivity contribution in [3.63, 3.8) is 0 Å². The summed E-state index contributed by atoms with van der Waals surface area (Å²) < 4.78 is 33.0. The third-order valence-corrected chi connectivity index (χ3v) is 6.32. The predicted octanol–water partition coefficient (Wildman–Crippen LogP) is 4.18. The molecular formula is C23H27ClN2O5S. The zero-order chi connectivity index (χ0) is 24.1. The number of para-hydroxylation sites is 1. The van der Waals surface area contributed by atoms with Gasteiger partial charge in [0.2, 0.25) is 0 Å². The fourth-order valence-electron chi connectivity index (χ4n) is 2.76. The van der Waals surface area contributed by atoms with Crippen LogP contribution in [0.15, 0.2) is 66.1 Å². The van der Waals surface area contributed by atoms with Gasteiger partial charge in [-0.15, -0.1) is 6.58 Å². The second-order valence-corrected chi connectivity index (χ2v) is 10.4. The van der Waals surface area contributed by atoms with Crippen molar-refractivity contribution >= 4 is 39.2 Å². The van der Waals surface area contributed by atoms with Crippen LogP contribution < -0.4 is 9.62 Å². The topological polar surface area (TPSA) is 92.8 Å². The third kappa shape index (κ3) is 6.34. The van der Waals surface area contributed by atoms with Crippen LogP contribution in [0.25, 0.3) is 0 Å². The van der Waals surface area contributed by atoms with Crippen molar-refractivity contribution in [2.24, 2.45) is 0 Å². The van der Waals surface area contributed by atoms with Gasteiger partial charge < -0.3 is 10.1 Å². The van der Waals surface area contributed by atoms with Crippen molar-refractivity contribution in [2.75, 3.05) is 10.8 Å². The molecule has 0 heterocycles. The van der Waals surface area contributed by atoms with E-state index in [0.29, 0.717) is 0 Å². The molecule has 0 aliphatic rings. The van der Waals surface area contributed by atoms with Gasteiger partial charge in [0.1, 0.15) is 0 Å². The standard InChI is InChI=1S/C23H27ClN2O5S/c1-6-14-26(20-13-8-7-12-19(20)24)32(29,30)18-11-9-10-17(15-18)22(28)31-16(2)21(27)25-23(3,4)5/h6-13,15-16H,1,14H2,2-5H3,(H,25,27). The lowest BCUT2D eigenvalue weighted by Gasteiger charge is -2.24. The van der Waals surface area contributed by atoms with Gasteiger partial charge in [0.15, 0.2) is 6.10 Å². The summed E-state index contributed by atoms with van der Waals surface area (Å²) in [5.74, 6) is -1.27. The number of nitrogens with zero attached hydrogens (tertiary/aromatic N) is 1. The van der Waals surface area contributed by atoms with E-state index in [9.17, 15) is 18.0 Å². The maximum atomic E-state index is 13.3. The van der Waals surface area contributed by atoms with Crippen molar-refractivity contribution in [2.45, 2.75) is 44.2 Å². The minimum atomic E-state index is -4.07. The Kier molecular flexibility index (Phi) is 8.09. The molecule has 9 heteroatoms. The number of anilines is 1. The molecule has 32 heavy (non-hydrogen) atoms. The molecule has 1 amide bonds. The average Bonchev–Trinajstić information content (AvgIpc) is 2.71. The quantitative estimate of drug-likeness (QED) is 0.453. The Hall–Kier alpha value is -2.84. The third-order valence-electron chi connectivity index (χ3n) is 4.23. The highest BCUT2D eigenvalue weighted by molar-refractivity contribution is 7.92. The van der Waals surface area contributed by atoms with Crippen LogP contribution in [0.3, 0.4) is 0 Å². The Morgan fingerprint density at radius 2 is 1.84 bits per heavy atom. The zero-order valence-corrected chi connectivity index (χ0v) is 20.0. The predicted molar refractivity (Wildman–Crippen MR) is 125 cm³/mol. The number of benzene rings is 2. The molecule has 0 spiro atoms. The molecule has 0 bridgehead atoms. The summed E-state index contributed by atoms with van der Waals surface area (Å²) in [6, 6.07) is 12.0. The molecule has 0 aromatic heterocycles. The number of ether oxygens (including phenoxy) is 1. The van der Waals surface area contributed by atoms with Gasteiger partial charge in [-0.2, -0.15) is 0 Å². The molecule has 1 N–H and O–H groups in total. The van der Waals surface area contributed by atoms with Crippen molar-refractivity contribution < 1.29 is 22.7 Å².